The van der Waals surface area contributed by atoms with Crippen molar-refractivity contribution in [3.05, 3.63) is 83.9 Å². The summed E-state index contributed by atoms with van der Waals surface area (Å²) >= 11 is 0. The molecule has 2 heteroatoms. The van der Waals surface area contributed by atoms with Crippen molar-refractivity contribution in [2.75, 3.05) is 12.3 Å². The number of rotatable bonds is 4. The molecule has 0 nitrogen and oxygen atoms in total. The van der Waals surface area contributed by atoms with Crippen molar-refractivity contribution in [1.82, 2.24) is 0 Å². The Morgan fingerprint density at radius 2 is 0.958 bits per heavy atom. The summed E-state index contributed by atoms with van der Waals surface area (Å²) in [6.07, 6.45) is 7.56. The molecular formula is C22H22P2+2. The predicted octanol–water partition coefficient (Wildman–Crippen LogP) is 6.44. The van der Waals surface area contributed by atoms with Crippen LogP contribution >= 0.6 is 15.1 Å². The number of hydrogen-bond donors (Lipinski definition) is 0. The van der Waals surface area contributed by atoms with E-state index in [-0.39, 0.29) is 15.1 Å². The Kier molecular flexibility index (Phi) is 4.36. The average molecular weight is 348 g/mol. The van der Waals surface area contributed by atoms with Gasteiger partial charge in [-0.15, -0.1) is 0 Å². The molecule has 0 bridgehead atoms. The molecule has 0 saturated carbocycles. The van der Waals surface area contributed by atoms with Crippen LogP contribution < -0.4 is 0 Å². The minimum Gasteiger partial charge on any atom is -0.0622 e. The molecular weight excluding hydrogens is 326 g/mol. The van der Waals surface area contributed by atoms with E-state index in [1.165, 1.54) is 23.5 Å². The lowest BCUT2D eigenvalue weighted by atomic mass is 10.1. The zero-order valence-corrected chi connectivity index (χ0v) is 16.0. The van der Waals surface area contributed by atoms with Crippen molar-refractivity contribution in [2.24, 2.45) is 0 Å². The summed E-state index contributed by atoms with van der Waals surface area (Å²) in [4.78, 5) is 0. The largest absolute Gasteiger partial charge is 0.203 e. The van der Waals surface area contributed by atoms with Gasteiger partial charge in [0, 0.05) is 23.3 Å². The smallest absolute Gasteiger partial charge is 0.0622 e. The lowest BCUT2D eigenvalue weighted by Crippen LogP contribution is -1.98. The Labute approximate surface area is 146 Å². The third kappa shape index (κ3) is 2.55. The summed E-state index contributed by atoms with van der Waals surface area (Å²) < 4.78 is 0. The molecule has 24 heavy (non-hydrogen) atoms. The van der Waals surface area contributed by atoms with Crippen molar-refractivity contribution < 1.29 is 0 Å². The topological polar surface area (TPSA) is 0 Å². The van der Waals surface area contributed by atoms with E-state index in [0.717, 1.165) is 0 Å². The van der Waals surface area contributed by atoms with Crippen LogP contribution in [-0.2, 0) is 0 Å². The first kappa shape index (κ1) is 15.8. The second-order valence-electron chi connectivity index (χ2n) is 6.05. The molecule has 4 rings (SSSR count). The van der Waals surface area contributed by atoms with Gasteiger partial charge in [0.25, 0.3) is 0 Å². The van der Waals surface area contributed by atoms with Gasteiger partial charge in [0.2, 0.25) is 10.6 Å². The Balaban J connectivity index is 1.87. The van der Waals surface area contributed by atoms with Crippen LogP contribution in [-0.4, -0.2) is 22.9 Å². The molecule has 2 aliphatic rings. The second kappa shape index (κ2) is 6.64. The van der Waals surface area contributed by atoms with E-state index in [0.29, 0.717) is 0 Å². The molecule has 2 aromatic rings. The zero-order chi connectivity index (χ0) is 16.5. The SMILES string of the molecule is CC[P+]1=C2C=C(c3ccccc3)[P+](CC)=C2C=C1c1ccccc1. The summed E-state index contributed by atoms with van der Waals surface area (Å²) in [5, 5.41) is 6.47. The summed E-state index contributed by atoms with van der Waals surface area (Å²) in [5.41, 5.74) is 2.83. The molecule has 2 aromatic carbocycles. The van der Waals surface area contributed by atoms with Crippen molar-refractivity contribution in [3.63, 3.8) is 0 Å². The minimum absolute atomic E-state index is 0.192. The highest BCUT2D eigenvalue weighted by atomic mass is 31.1. The van der Waals surface area contributed by atoms with Crippen LogP contribution in [0.25, 0.3) is 10.6 Å². The normalized spacial score (nSPS) is 19.4. The van der Waals surface area contributed by atoms with E-state index in [9.17, 15) is 0 Å². The van der Waals surface area contributed by atoms with Crippen molar-refractivity contribution >= 4 is 36.3 Å². The molecule has 2 aliphatic heterocycles. The Morgan fingerprint density at radius 1 is 0.583 bits per heavy atom. The van der Waals surface area contributed by atoms with Crippen LogP contribution in [0, 0.1) is 0 Å². The first-order valence-corrected chi connectivity index (χ1v) is 11.7. The van der Waals surface area contributed by atoms with Crippen LogP contribution in [0.1, 0.15) is 25.0 Å². The maximum Gasteiger partial charge on any atom is 0.203 e. The highest BCUT2D eigenvalue weighted by Gasteiger charge is 2.44. The predicted molar refractivity (Wildman–Crippen MR) is 114 cm³/mol. The highest BCUT2D eigenvalue weighted by Crippen LogP contribution is 2.56. The number of hydrogen-bond acceptors (Lipinski definition) is 0. The van der Waals surface area contributed by atoms with E-state index in [2.05, 4.69) is 86.7 Å². The van der Waals surface area contributed by atoms with E-state index >= 15 is 0 Å². The van der Waals surface area contributed by atoms with Gasteiger partial charge < -0.3 is 0 Å². The van der Waals surface area contributed by atoms with E-state index in [1.807, 2.05) is 0 Å². The number of benzene rings is 2. The lowest BCUT2D eigenvalue weighted by Gasteiger charge is -1.98. The third-order valence-corrected chi connectivity index (χ3v) is 10.0. The molecule has 2 atom stereocenters. The van der Waals surface area contributed by atoms with Crippen molar-refractivity contribution in [1.29, 1.82) is 0 Å². The summed E-state index contributed by atoms with van der Waals surface area (Å²) in [7, 11) is -0.384. The van der Waals surface area contributed by atoms with Crippen molar-refractivity contribution in [3.8, 4) is 0 Å². The summed E-state index contributed by atoms with van der Waals surface area (Å²) in [6, 6.07) is 22.0. The molecule has 0 N–H and O–H groups in total. The van der Waals surface area contributed by atoms with Gasteiger partial charge in [-0.2, -0.15) is 0 Å². The Hall–Kier alpha value is -1.74. The molecule has 0 spiro atoms. The molecule has 2 heterocycles. The quantitative estimate of drug-likeness (QED) is 0.557. The molecule has 0 aromatic heterocycles. The monoisotopic (exact) mass is 348 g/mol. The molecule has 0 amide bonds. The van der Waals surface area contributed by atoms with Crippen LogP contribution in [0.3, 0.4) is 0 Å². The second-order valence-corrected chi connectivity index (χ2v) is 11.0. The van der Waals surface area contributed by atoms with Gasteiger partial charge in [-0.1, -0.05) is 60.7 Å². The van der Waals surface area contributed by atoms with Gasteiger partial charge in [-0.05, 0) is 13.8 Å². The lowest BCUT2D eigenvalue weighted by molar-refractivity contribution is 1.52. The van der Waals surface area contributed by atoms with Crippen LogP contribution in [0.5, 0.6) is 0 Å². The molecule has 2 unspecified atom stereocenters. The van der Waals surface area contributed by atoms with Crippen LogP contribution in [0.4, 0.5) is 0 Å². The van der Waals surface area contributed by atoms with E-state index in [1.54, 1.807) is 21.2 Å². The molecule has 0 fully saturated rings. The molecule has 0 aliphatic carbocycles. The Morgan fingerprint density at radius 3 is 1.29 bits per heavy atom. The standard InChI is InChI=1S/C22H22P2/c1-3-23-19(17-11-7-5-8-12-17)15-22-21(23)16-20(24(22)4-2)18-13-9-6-10-14-18/h5-16H,3-4H2,1-2H3/q+2. The maximum absolute atomic E-state index is 2.54. The van der Waals surface area contributed by atoms with Crippen LogP contribution in [0.15, 0.2) is 72.8 Å². The van der Waals surface area contributed by atoms with Crippen molar-refractivity contribution in [2.45, 2.75) is 13.8 Å². The third-order valence-electron chi connectivity index (χ3n) is 4.74. The number of allylic oxidation sites excluding steroid dienone is 2. The van der Waals surface area contributed by atoms with E-state index < -0.39 is 0 Å². The average Bonchev–Trinajstić information content (AvgIpc) is 3.18. The van der Waals surface area contributed by atoms with E-state index in [4.69, 9.17) is 0 Å². The first-order valence-electron chi connectivity index (χ1n) is 8.67. The first-order chi connectivity index (χ1) is 11.8. The fraction of sp³-hybridized carbons (Fsp3) is 0.182. The van der Waals surface area contributed by atoms with Gasteiger partial charge in [0.05, 0.1) is 0 Å². The Bertz CT molecular complexity index is 820. The fourth-order valence-corrected chi connectivity index (χ4v) is 9.19. The molecule has 0 radical (unpaired) electrons. The maximum atomic E-state index is 2.54. The molecule has 118 valence electrons. The summed E-state index contributed by atoms with van der Waals surface area (Å²) in [6.45, 7) is 4.70. The zero-order valence-electron chi connectivity index (χ0n) is 14.2. The molecule has 0 saturated heterocycles. The fourth-order valence-electron chi connectivity index (χ4n) is 3.63. The van der Waals surface area contributed by atoms with Crippen LogP contribution in [0.2, 0.25) is 0 Å². The summed E-state index contributed by atoms with van der Waals surface area (Å²) in [5.74, 6) is 0. The highest BCUT2D eigenvalue weighted by molar-refractivity contribution is 7.82. The van der Waals surface area contributed by atoms with Gasteiger partial charge in [-0.25, -0.2) is 0 Å². The number of fused-ring (bicyclic) bond motifs is 1. The minimum atomic E-state index is -0.192. The van der Waals surface area contributed by atoms with Gasteiger partial charge in [-0.3, -0.25) is 0 Å². The van der Waals surface area contributed by atoms with Gasteiger partial charge >= 0.3 is 0 Å². The van der Waals surface area contributed by atoms with Gasteiger partial charge in [0.1, 0.15) is 27.4 Å². The van der Waals surface area contributed by atoms with Gasteiger partial charge in [0.15, 0.2) is 10.6 Å².